The van der Waals surface area contributed by atoms with Gasteiger partial charge in [-0.3, -0.25) is 14.6 Å². The fourth-order valence-corrected chi connectivity index (χ4v) is 6.24. The quantitative estimate of drug-likeness (QED) is 0.763. The van der Waals surface area contributed by atoms with Gasteiger partial charge in [-0.1, -0.05) is 13.8 Å². The van der Waals surface area contributed by atoms with Crippen molar-refractivity contribution in [2.24, 2.45) is 16.7 Å². The Balaban J connectivity index is 1.55. The van der Waals surface area contributed by atoms with Gasteiger partial charge in [-0.2, -0.15) is 0 Å². The van der Waals surface area contributed by atoms with Crippen LogP contribution in [0.5, 0.6) is 0 Å². The van der Waals surface area contributed by atoms with Gasteiger partial charge >= 0.3 is 0 Å². The molecule has 4 heterocycles. The number of pyridine rings is 1. The Morgan fingerprint density at radius 3 is 2.47 bits per heavy atom. The molecule has 3 saturated heterocycles. The number of hydrogen-bond donors (Lipinski definition) is 0. The monoisotopic (exact) mass is 412 g/mol. The summed E-state index contributed by atoms with van der Waals surface area (Å²) in [5.74, 6) is 1.02. The van der Waals surface area contributed by atoms with E-state index in [0.717, 1.165) is 70.6 Å². The van der Waals surface area contributed by atoms with Gasteiger partial charge in [0.15, 0.2) is 0 Å². The second-order valence-electron chi connectivity index (χ2n) is 10.1. The molecule has 30 heavy (non-hydrogen) atoms. The van der Waals surface area contributed by atoms with Gasteiger partial charge in [0, 0.05) is 63.6 Å². The lowest BCUT2D eigenvalue weighted by atomic mass is 9.60. The SMILES string of the molecule is CCN1CC[C@@]2(CN(CC(C)C)CC23CCN(C(=O)c2cncc(C)c2)CC3)C1=O. The third kappa shape index (κ3) is 3.43. The van der Waals surface area contributed by atoms with Crippen molar-refractivity contribution in [2.75, 3.05) is 45.8 Å². The van der Waals surface area contributed by atoms with Crippen molar-refractivity contribution in [3.63, 3.8) is 0 Å². The number of likely N-dealkylation sites (tertiary alicyclic amines) is 3. The molecule has 2 spiro atoms. The van der Waals surface area contributed by atoms with E-state index in [0.29, 0.717) is 17.4 Å². The number of amides is 2. The Bertz CT molecular complexity index is 815. The fraction of sp³-hybridized carbons (Fsp3) is 0.708. The number of aromatic nitrogens is 1. The third-order valence-corrected chi connectivity index (χ3v) is 7.67. The molecule has 0 radical (unpaired) electrons. The van der Waals surface area contributed by atoms with E-state index in [4.69, 9.17) is 0 Å². The van der Waals surface area contributed by atoms with E-state index in [1.165, 1.54) is 0 Å². The zero-order chi connectivity index (χ0) is 21.5. The summed E-state index contributed by atoms with van der Waals surface area (Å²) in [6.07, 6.45) is 6.23. The normalized spacial score (nSPS) is 26.5. The molecule has 3 fully saturated rings. The van der Waals surface area contributed by atoms with E-state index in [1.54, 1.807) is 12.4 Å². The first-order valence-electron chi connectivity index (χ1n) is 11.5. The molecular weight excluding hydrogens is 376 g/mol. The van der Waals surface area contributed by atoms with Gasteiger partial charge < -0.3 is 14.7 Å². The van der Waals surface area contributed by atoms with E-state index in [9.17, 15) is 9.59 Å². The summed E-state index contributed by atoms with van der Waals surface area (Å²) in [6, 6.07) is 1.92. The van der Waals surface area contributed by atoms with Crippen molar-refractivity contribution in [1.82, 2.24) is 19.7 Å². The zero-order valence-corrected chi connectivity index (χ0v) is 19.0. The number of carbonyl (C=O) groups is 2. The van der Waals surface area contributed by atoms with Gasteiger partial charge in [-0.25, -0.2) is 0 Å². The molecule has 164 valence electrons. The predicted octanol–water partition coefficient (Wildman–Crippen LogP) is 2.82. The third-order valence-electron chi connectivity index (χ3n) is 7.67. The summed E-state index contributed by atoms with van der Waals surface area (Å²) in [5.41, 5.74) is 1.40. The van der Waals surface area contributed by atoms with Crippen molar-refractivity contribution in [3.8, 4) is 0 Å². The smallest absolute Gasteiger partial charge is 0.255 e. The van der Waals surface area contributed by atoms with Crippen LogP contribution in [0, 0.1) is 23.7 Å². The van der Waals surface area contributed by atoms with Gasteiger partial charge in [0.25, 0.3) is 5.91 Å². The topological polar surface area (TPSA) is 56.8 Å². The number of hydrogen-bond acceptors (Lipinski definition) is 4. The Labute approximate surface area is 180 Å². The van der Waals surface area contributed by atoms with Crippen LogP contribution in [-0.4, -0.2) is 77.3 Å². The average Bonchev–Trinajstić information content (AvgIpc) is 3.19. The van der Waals surface area contributed by atoms with Gasteiger partial charge in [0.05, 0.1) is 11.0 Å². The van der Waals surface area contributed by atoms with Crippen LogP contribution < -0.4 is 0 Å². The van der Waals surface area contributed by atoms with Crippen LogP contribution in [0.4, 0.5) is 0 Å². The molecule has 6 nitrogen and oxygen atoms in total. The molecule has 0 aliphatic carbocycles. The molecule has 1 aromatic heterocycles. The molecule has 2 amide bonds. The van der Waals surface area contributed by atoms with Crippen LogP contribution in [-0.2, 0) is 4.79 Å². The minimum Gasteiger partial charge on any atom is -0.342 e. The summed E-state index contributed by atoms with van der Waals surface area (Å²) in [5, 5.41) is 0. The van der Waals surface area contributed by atoms with Crippen LogP contribution in [0.3, 0.4) is 0 Å². The van der Waals surface area contributed by atoms with Gasteiger partial charge in [0.1, 0.15) is 0 Å². The maximum Gasteiger partial charge on any atom is 0.255 e. The van der Waals surface area contributed by atoms with E-state index < -0.39 is 0 Å². The standard InChI is InChI=1S/C24H36N4O2/c1-5-27-11-8-24(22(27)30)17-26(15-18(2)3)16-23(24)6-9-28(10-7-23)21(29)20-12-19(4)13-25-14-20/h12-14,18H,5-11,15-17H2,1-4H3/t24-/m1/s1. The van der Waals surface area contributed by atoms with Crippen molar-refractivity contribution in [2.45, 2.75) is 47.0 Å². The lowest BCUT2D eigenvalue weighted by Gasteiger charge is -2.47. The van der Waals surface area contributed by atoms with Crippen LogP contribution in [0.2, 0.25) is 0 Å². The largest absolute Gasteiger partial charge is 0.342 e. The summed E-state index contributed by atoms with van der Waals surface area (Å²) in [4.78, 5) is 37.3. The van der Waals surface area contributed by atoms with E-state index in [2.05, 4.69) is 35.6 Å². The van der Waals surface area contributed by atoms with Crippen LogP contribution in [0.15, 0.2) is 18.5 Å². The van der Waals surface area contributed by atoms with Crippen LogP contribution in [0.25, 0.3) is 0 Å². The zero-order valence-electron chi connectivity index (χ0n) is 19.0. The Morgan fingerprint density at radius 2 is 1.87 bits per heavy atom. The minimum atomic E-state index is -0.266. The fourth-order valence-electron chi connectivity index (χ4n) is 6.24. The molecular formula is C24H36N4O2. The average molecular weight is 413 g/mol. The van der Waals surface area contributed by atoms with Crippen LogP contribution >= 0.6 is 0 Å². The highest BCUT2D eigenvalue weighted by Gasteiger charge is 2.64. The number of carbonyl (C=O) groups excluding carboxylic acids is 2. The summed E-state index contributed by atoms with van der Waals surface area (Å²) < 4.78 is 0. The number of piperidine rings is 1. The number of rotatable bonds is 4. The first-order valence-corrected chi connectivity index (χ1v) is 11.5. The van der Waals surface area contributed by atoms with Gasteiger partial charge in [0.2, 0.25) is 5.91 Å². The first kappa shape index (κ1) is 21.3. The molecule has 6 heteroatoms. The second-order valence-corrected chi connectivity index (χ2v) is 10.1. The molecule has 4 rings (SSSR count). The highest BCUT2D eigenvalue weighted by Crippen LogP contribution is 2.57. The van der Waals surface area contributed by atoms with E-state index >= 15 is 0 Å². The maximum atomic E-state index is 13.6. The highest BCUT2D eigenvalue weighted by atomic mass is 16.2. The molecule has 3 aliphatic heterocycles. The lowest BCUT2D eigenvalue weighted by molar-refractivity contribution is -0.141. The first-order chi connectivity index (χ1) is 14.3. The van der Waals surface area contributed by atoms with Crippen molar-refractivity contribution in [3.05, 3.63) is 29.6 Å². The highest BCUT2D eigenvalue weighted by molar-refractivity contribution is 5.94. The van der Waals surface area contributed by atoms with Crippen molar-refractivity contribution < 1.29 is 9.59 Å². The van der Waals surface area contributed by atoms with Gasteiger partial charge in [-0.05, 0) is 50.7 Å². The molecule has 0 N–H and O–H groups in total. The van der Waals surface area contributed by atoms with Crippen molar-refractivity contribution in [1.29, 1.82) is 0 Å². The Morgan fingerprint density at radius 1 is 1.13 bits per heavy atom. The summed E-state index contributed by atoms with van der Waals surface area (Å²) >= 11 is 0. The van der Waals surface area contributed by atoms with Crippen molar-refractivity contribution >= 4 is 11.8 Å². The molecule has 0 unspecified atom stereocenters. The summed E-state index contributed by atoms with van der Waals surface area (Å²) in [7, 11) is 0. The molecule has 0 aromatic carbocycles. The minimum absolute atomic E-state index is 0.00940. The van der Waals surface area contributed by atoms with Crippen LogP contribution in [0.1, 0.15) is 56.0 Å². The van der Waals surface area contributed by atoms with Gasteiger partial charge in [-0.15, -0.1) is 0 Å². The van der Waals surface area contributed by atoms with E-state index in [-0.39, 0.29) is 16.7 Å². The van der Waals surface area contributed by atoms with E-state index in [1.807, 2.05) is 17.9 Å². The number of nitrogens with zero attached hydrogens (tertiary/aromatic N) is 4. The molecule has 3 aliphatic rings. The predicted molar refractivity (Wildman–Crippen MR) is 117 cm³/mol. The maximum absolute atomic E-state index is 13.6. The Hall–Kier alpha value is -1.95. The number of fused-ring (bicyclic) bond motifs is 1. The molecule has 1 atom stereocenters. The number of aryl methyl sites for hydroxylation is 1. The lowest BCUT2D eigenvalue weighted by Crippen LogP contribution is -2.53. The molecule has 1 aromatic rings. The molecule has 0 saturated carbocycles. The molecule has 0 bridgehead atoms. The summed E-state index contributed by atoms with van der Waals surface area (Å²) in [6.45, 7) is 14.6. The second kappa shape index (κ2) is 7.95. The Kier molecular flexibility index (Phi) is 5.64.